The van der Waals surface area contributed by atoms with Crippen molar-refractivity contribution in [1.82, 2.24) is 9.78 Å². The van der Waals surface area contributed by atoms with Crippen LogP contribution in [0.2, 0.25) is 0 Å². The van der Waals surface area contributed by atoms with Crippen molar-refractivity contribution in [2.24, 2.45) is 7.05 Å². The summed E-state index contributed by atoms with van der Waals surface area (Å²) in [5, 5.41) is 18.0. The van der Waals surface area contributed by atoms with Gasteiger partial charge in [-0.1, -0.05) is 17.7 Å². The number of carbonyl (C=O) groups is 1. The summed E-state index contributed by atoms with van der Waals surface area (Å²) in [6.07, 6.45) is 0. The number of hydrogen-bond donors (Lipinski definition) is 1. The van der Waals surface area contributed by atoms with Crippen LogP contribution in [-0.2, 0) is 7.05 Å². The molecule has 0 aliphatic heterocycles. The Labute approximate surface area is 155 Å². The standard InChI is InChI=1S/C19H18N4O4/c1-12-4-6-16(7-5-12)27-17-10-14(9-15(11-17)23(25)26)20-19(24)18-8-13(2)21-22(18)3/h4-11H,1-3H3,(H,20,24). The van der Waals surface area contributed by atoms with Gasteiger partial charge in [-0.3, -0.25) is 19.6 Å². The lowest BCUT2D eigenvalue weighted by Gasteiger charge is -2.10. The monoisotopic (exact) mass is 366 g/mol. The number of nitrogens with one attached hydrogen (secondary N) is 1. The second-order valence-corrected chi connectivity index (χ2v) is 6.14. The van der Waals surface area contributed by atoms with Gasteiger partial charge in [0.05, 0.1) is 22.4 Å². The number of nitrogens with zero attached hydrogens (tertiary/aromatic N) is 3. The largest absolute Gasteiger partial charge is 0.457 e. The van der Waals surface area contributed by atoms with Crippen molar-refractivity contribution in [3.8, 4) is 11.5 Å². The Kier molecular flexibility index (Phi) is 4.89. The number of carbonyl (C=O) groups excluding carboxylic acids is 1. The minimum atomic E-state index is -0.536. The van der Waals surface area contributed by atoms with E-state index in [-0.39, 0.29) is 17.1 Å². The minimum Gasteiger partial charge on any atom is -0.457 e. The number of nitro benzene ring substituents is 1. The third-order valence-corrected chi connectivity index (χ3v) is 3.85. The molecule has 0 saturated heterocycles. The number of aromatic nitrogens is 2. The van der Waals surface area contributed by atoms with E-state index in [1.165, 1.54) is 22.9 Å². The average Bonchev–Trinajstić information content (AvgIpc) is 2.95. The molecule has 3 rings (SSSR count). The Morgan fingerprint density at radius 3 is 2.41 bits per heavy atom. The molecule has 0 radical (unpaired) electrons. The summed E-state index contributed by atoms with van der Waals surface area (Å²) in [5.74, 6) is 0.380. The van der Waals surface area contributed by atoms with E-state index >= 15 is 0 Å². The highest BCUT2D eigenvalue weighted by Gasteiger charge is 2.16. The normalized spacial score (nSPS) is 10.5. The molecule has 0 bridgehead atoms. The summed E-state index contributed by atoms with van der Waals surface area (Å²) < 4.78 is 7.16. The summed E-state index contributed by atoms with van der Waals surface area (Å²) in [7, 11) is 1.65. The summed E-state index contributed by atoms with van der Waals surface area (Å²) >= 11 is 0. The lowest BCUT2D eigenvalue weighted by Crippen LogP contribution is -2.16. The fourth-order valence-corrected chi connectivity index (χ4v) is 2.58. The van der Waals surface area contributed by atoms with Crippen molar-refractivity contribution < 1.29 is 14.5 Å². The number of nitro groups is 1. The third-order valence-electron chi connectivity index (χ3n) is 3.85. The molecule has 0 aliphatic rings. The van der Waals surface area contributed by atoms with Gasteiger partial charge in [-0.05, 0) is 32.0 Å². The number of non-ortho nitro benzene ring substituents is 1. The smallest absolute Gasteiger partial charge is 0.275 e. The molecule has 1 heterocycles. The summed E-state index contributed by atoms with van der Waals surface area (Å²) in [6, 6.07) is 13.0. The molecular weight excluding hydrogens is 348 g/mol. The van der Waals surface area contributed by atoms with Gasteiger partial charge in [0.15, 0.2) is 0 Å². The Morgan fingerprint density at radius 1 is 1.11 bits per heavy atom. The number of anilines is 1. The van der Waals surface area contributed by atoms with Crippen LogP contribution >= 0.6 is 0 Å². The number of aryl methyl sites for hydroxylation is 3. The molecule has 0 saturated carbocycles. The zero-order valence-corrected chi connectivity index (χ0v) is 15.1. The fourth-order valence-electron chi connectivity index (χ4n) is 2.58. The number of benzene rings is 2. The summed E-state index contributed by atoms with van der Waals surface area (Å²) in [4.78, 5) is 23.2. The van der Waals surface area contributed by atoms with Crippen LogP contribution in [0, 0.1) is 24.0 Å². The first-order valence-corrected chi connectivity index (χ1v) is 8.18. The van der Waals surface area contributed by atoms with Crippen molar-refractivity contribution in [1.29, 1.82) is 0 Å². The maximum atomic E-state index is 12.5. The first-order chi connectivity index (χ1) is 12.8. The van der Waals surface area contributed by atoms with Crippen LogP contribution in [0.4, 0.5) is 11.4 Å². The van der Waals surface area contributed by atoms with E-state index < -0.39 is 10.8 Å². The molecular formula is C19H18N4O4. The van der Waals surface area contributed by atoms with Crippen LogP contribution in [0.15, 0.2) is 48.5 Å². The predicted molar refractivity (Wildman–Crippen MR) is 100 cm³/mol. The van der Waals surface area contributed by atoms with Crippen molar-refractivity contribution in [3.05, 3.63) is 75.6 Å². The van der Waals surface area contributed by atoms with Gasteiger partial charge >= 0.3 is 0 Å². The van der Waals surface area contributed by atoms with E-state index in [2.05, 4.69) is 10.4 Å². The third kappa shape index (κ3) is 4.30. The second-order valence-electron chi connectivity index (χ2n) is 6.14. The van der Waals surface area contributed by atoms with Crippen molar-refractivity contribution in [3.63, 3.8) is 0 Å². The van der Waals surface area contributed by atoms with Crippen LogP contribution < -0.4 is 10.1 Å². The molecule has 138 valence electrons. The van der Waals surface area contributed by atoms with Gasteiger partial charge in [0.25, 0.3) is 11.6 Å². The lowest BCUT2D eigenvalue weighted by atomic mass is 10.2. The van der Waals surface area contributed by atoms with Gasteiger partial charge in [0.2, 0.25) is 0 Å². The van der Waals surface area contributed by atoms with Gasteiger partial charge in [-0.25, -0.2) is 0 Å². The maximum Gasteiger partial charge on any atom is 0.275 e. The Hall–Kier alpha value is -3.68. The first kappa shape index (κ1) is 18.1. The molecule has 0 unspecified atom stereocenters. The van der Waals surface area contributed by atoms with Crippen LogP contribution in [0.25, 0.3) is 0 Å². The van der Waals surface area contributed by atoms with Gasteiger partial charge in [-0.2, -0.15) is 5.10 Å². The van der Waals surface area contributed by atoms with Crippen LogP contribution in [0.1, 0.15) is 21.7 Å². The maximum absolute atomic E-state index is 12.5. The molecule has 0 aliphatic carbocycles. The van der Waals surface area contributed by atoms with Gasteiger partial charge in [0.1, 0.15) is 17.2 Å². The Morgan fingerprint density at radius 2 is 1.81 bits per heavy atom. The van der Waals surface area contributed by atoms with E-state index in [0.29, 0.717) is 17.1 Å². The highest BCUT2D eigenvalue weighted by Crippen LogP contribution is 2.30. The molecule has 0 atom stereocenters. The van der Waals surface area contributed by atoms with E-state index in [1.54, 1.807) is 32.2 Å². The first-order valence-electron chi connectivity index (χ1n) is 8.18. The topological polar surface area (TPSA) is 99.3 Å². The zero-order chi connectivity index (χ0) is 19.6. The number of hydrogen-bond acceptors (Lipinski definition) is 5. The molecule has 27 heavy (non-hydrogen) atoms. The molecule has 0 spiro atoms. The molecule has 8 nitrogen and oxygen atoms in total. The molecule has 1 N–H and O–H groups in total. The van der Waals surface area contributed by atoms with Crippen LogP contribution in [0.5, 0.6) is 11.5 Å². The predicted octanol–water partition coefficient (Wildman–Crippen LogP) is 3.99. The molecule has 3 aromatic rings. The Balaban J connectivity index is 1.89. The molecule has 1 aromatic heterocycles. The number of rotatable bonds is 5. The summed E-state index contributed by atoms with van der Waals surface area (Å²) in [5.41, 5.74) is 2.19. The lowest BCUT2D eigenvalue weighted by molar-refractivity contribution is -0.384. The van der Waals surface area contributed by atoms with Crippen molar-refractivity contribution in [2.45, 2.75) is 13.8 Å². The number of amides is 1. The molecule has 1 amide bonds. The van der Waals surface area contributed by atoms with Gasteiger partial charge in [0, 0.05) is 19.2 Å². The minimum absolute atomic E-state index is 0.184. The van der Waals surface area contributed by atoms with E-state index in [4.69, 9.17) is 4.74 Å². The highest BCUT2D eigenvalue weighted by molar-refractivity contribution is 6.03. The molecule has 2 aromatic carbocycles. The SMILES string of the molecule is Cc1ccc(Oc2cc(NC(=O)c3cc(C)nn3C)cc([N+](=O)[O-])c2)cc1. The van der Waals surface area contributed by atoms with Gasteiger partial charge < -0.3 is 10.1 Å². The van der Waals surface area contributed by atoms with E-state index in [9.17, 15) is 14.9 Å². The van der Waals surface area contributed by atoms with Gasteiger partial charge in [-0.15, -0.1) is 0 Å². The van der Waals surface area contributed by atoms with Crippen molar-refractivity contribution in [2.75, 3.05) is 5.32 Å². The van der Waals surface area contributed by atoms with Crippen LogP contribution in [0.3, 0.4) is 0 Å². The van der Waals surface area contributed by atoms with Crippen molar-refractivity contribution >= 4 is 17.3 Å². The second kappa shape index (κ2) is 7.28. The highest BCUT2D eigenvalue weighted by atomic mass is 16.6. The van der Waals surface area contributed by atoms with E-state index in [0.717, 1.165) is 5.56 Å². The Bertz CT molecular complexity index is 1010. The van der Waals surface area contributed by atoms with Crippen LogP contribution in [-0.4, -0.2) is 20.6 Å². The summed E-state index contributed by atoms with van der Waals surface area (Å²) in [6.45, 7) is 3.72. The zero-order valence-electron chi connectivity index (χ0n) is 15.1. The number of ether oxygens (including phenoxy) is 1. The molecule has 8 heteroatoms. The van der Waals surface area contributed by atoms with E-state index in [1.807, 2.05) is 19.1 Å². The average molecular weight is 366 g/mol. The molecule has 0 fully saturated rings. The fraction of sp³-hybridized carbons (Fsp3) is 0.158. The quantitative estimate of drug-likeness (QED) is 0.544.